The zero-order valence-corrected chi connectivity index (χ0v) is 7.07. The van der Waals surface area contributed by atoms with E-state index in [2.05, 4.69) is 4.98 Å². The van der Waals surface area contributed by atoms with E-state index < -0.39 is 6.10 Å². The van der Waals surface area contributed by atoms with Crippen molar-refractivity contribution in [1.82, 2.24) is 4.98 Å². The van der Waals surface area contributed by atoms with Gasteiger partial charge in [-0.05, 0) is 18.1 Å². The van der Waals surface area contributed by atoms with Crippen molar-refractivity contribution < 1.29 is 10.2 Å². The van der Waals surface area contributed by atoms with Gasteiger partial charge in [0.2, 0.25) is 0 Å². The summed E-state index contributed by atoms with van der Waals surface area (Å²) < 4.78 is 0. The van der Waals surface area contributed by atoms with Crippen LogP contribution in [0.5, 0.6) is 0 Å². The van der Waals surface area contributed by atoms with E-state index in [0.29, 0.717) is 5.69 Å². The van der Waals surface area contributed by atoms with Crippen molar-refractivity contribution in [1.29, 1.82) is 0 Å². The van der Waals surface area contributed by atoms with Gasteiger partial charge in [0.15, 0.2) is 0 Å². The summed E-state index contributed by atoms with van der Waals surface area (Å²) in [7, 11) is 0. The van der Waals surface area contributed by atoms with Crippen LogP contribution in [0.1, 0.15) is 24.3 Å². The quantitative estimate of drug-likeness (QED) is 0.695. The molecule has 0 aliphatic heterocycles. The molecule has 2 N–H and O–H groups in total. The molecule has 0 saturated carbocycles. The van der Waals surface area contributed by atoms with Gasteiger partial charge in [0.1, 0.15) is 6.10 Å². The summed E-state index contributed by atoms with van der Waals surface area (Å²) in [5, 5.41) is 17.8. The third kappa shape index (κ3) is 2.03. The molecule has 1 rings (SSSR count). The Balaban J connectivity index is 2.77. The van der Waals surface area contributed by atoms with Gasteiger partial charge in [0.25, 0.3) is 0 Å². The number of aliphatic hydroxyl groups is 2. The maximum atomic E-state index is 9.18. The molecule has 66 valence electrons. The molecule has 3 nitrogen and oxygen atoms in total. The first kappa shape index (κ1) is 9.16. The lowest BCUT2D eigenvalue weighted by atomic mass is 10.2. The fraction of sp³-hybridized carbons (Fsp3) is 0.444. The van der Waals surface area contributed by atoms with E-state index in [1.54, 1.807) is 12.3 Å². The second kappa shape index (κ2) is 4.18. The Bertz CT molecular complexity index is 233. The van der Waals surface area contributed by atoms with Crippen LogP contribution < -0.4 is 0 Å². The molecule has 0 aliphatic rings. The summed E-state index contributed by atoms with van der Waals surface area (Å²) in [6.07, 6.45) is 1.80. The fourth-order valence-corrected chi connectivity index (χ4v) is 0.936. The molecule has 0 spiro atoms. The number of pyridine rings is 1. The Hall–Kier alpha value is -0.930. The molecule has 0 radical (unpaired) electrons. The Morgan fingerprint density at radius 3 is 2.67 bits per heavy atom. The number of aliphatic hydroxyl groups excluding tert-OH is 2. The highest BCUT2D eigenvalue weighted by Crippen LogP contribution is 2.09. The summed E-state index contributed by atoms with van der Waals surface area (Å²) in [6, 6.07) is 3.64. The molecule has 0 aromatic carbocycles. The van der Waals surface area contributed by atoms with Crippen molar-refractivity contribution in [3.8, 4) is 0 Å². The molecule has 0 bridgehead atoms. The number of aromatic nitrogens is 1. The molecule has 3 heteroatoms. The van der Waals surface area contributed by atoms with Crippen LogP contribution in [0.15, 0.2) is 18.3 Å². The van der Waals surface area contributed by atoms with Crippen LogP contribution in [0, 0.1) is 0 Å². The fourth-order valence-electron chi connectivity index (χ4n) is 0.936. The first-order valence-electron chi connectivity index (χ1n) is 4.01. The Morgan fingerprint density at radius 2 is 2.25 bits per heavy atom. The van der Waals surface area contributed by atoms with Gasteiger partial charge in [0.05, 0.1) is 12.3 Å². The highest BCUT2D eigenvalue weighted by Gasteiger charge is 2.05. The van der Waals surface area contributed by atoms with Crippen molar-refractivity contribution >= 4 is 0 Å². The topological polar surface area (TPSA) is 53.4 Å². The molecule has 1 aromatic heterocycles. The van der Waals surface area contributed by atoms with Gasteiger partial charge in [-0.3, -0.25) is 4.98 Å². The van der Waals surface area contributed by atoms with Crippen molar-refractivity contribution in [3.63, 3.8) is 0 Å². The molecule has 1 atom stereocenters. The Morgan fingerprint density at radius 1 is 1.50 bits per heavy atom. The number of rotatable bonds is 3. The van der Waals surface area contributed by atoms with Crippen molar-refractivity contribution in [2.45, 2.75) is 19.4 Å². The predicted octanol–water partition coefficient (Wildman–Crippen LogP) is 0.670. The SMILES string of the molecule is CCc1ccc([C@@H](O)CO)nc1. The van der Waals surface area contributed by atoms with Gasteiger partial charge in [-0.25, -0.2) is 0 Å². The smallest absolute Gasteiger partial charge is 0.119 e. The Labute approximate surface area is 71.7 Å². The van der Waals surface area contributed by atoms with Gasteiger partial charge >= 0.3 is 0 Å². The number of aryl methyl sites for hydroxylation is 1. The van der Waals surface area contributed by atoms with Crippen molar-refractivity contribution in [3.05, 3.63) is 29.6 Å². The maximum Gasteiger partial charge on any atom is 0.119 e. The van der Waals surface area contributed by atoms with Crippen LogP contribution in [0.2, 0.25) is 0 Å². The molecular weight excluding hydrogens is 154 g/mol. The van der Waals surface area contributed by atoms with E-state index in [-0.39, 0.29) is 6.61 Å². The first-order valence-corrected chi connectivity index (χ1v) is 4.01. The second-order valence-electron chi connectivity index (χ2n) is 2.64. The van der Waals surface area contributed by atoms with Crippen LogP contribution in [0.3, 0.4) is 0 Å². The normalized spacial score (nSPS) is 12.9. The zero-order valence-electron chi connectivity index (χ0n) is 7.07. The number of hydrogen-bond acceptors (Lipinski definition) is 3. The summed E-state index contributed by atoms with van der Waals surface area (Å²) in [5.74, 6) is 0. The zero-order chi connectivity index (χ0) is 8.97. The Kier molecular flexibility index (Phi) is 3.19. The van der Waals surface area contributed by atoms with Crippen LogP contribution in [-0.2, 0) is 6.42 Å². The number of nitrogens with zero attached hydrogens (tertiary/aromatic N) is 1. The van der Waals surface area contributed by atoms with Crippen LogP contribution in [0.4, 0.5) is 0 Å². The van der Waals surface area contributed by atoms with Gasteiger partial charge in [-0.1, -0.05) is 13.0 Å². The molecule has 0 unspecified atom stereocenters. The van der Waals surface area contributed by atoms with Crippen molar-refractivity contribution in [2.75, 3.05) is 6.61 Å². The highest BCUT2D eigenvalue weighted by molar-refractivity contribution is 5.15. The first-order chi connectivity index (χ1) is 5.77. The molecular formula is C9H13NO2. The lowest BCUT2D eigenvalue weighted by Crippen LogP contribution is -2.04. The average Bonchev–Trinajstić information content (AvgIpc) is 2.17. The average molecular weight is 167 g/mol. The van der Waals surface area contributed by atoms with Crippen LogP contribution in [0.25, 0.3) is 0 Å². The minimum Gasteiger partial charge on any atom is -0.393 e. The van der Waals surface area contributed by atoms with E-state index in [9.17, 15) is 5.11 Å². The van der Waals surface area contributed by atoms with E-state index in [4.69, 9.17) is 5.11 Å². The molecule has 0 fully saturated rings. The third-order valence-electron chi connectivity index (χ3n) is 1.77. The summed E-state index contributed by atoms with van der Waals surface area (Å²) in [5.41, 5.74) is 1.65. The van der Waals surface area contributed by atoms with Gasteiger partial charge in [-0.2, -0.15) is 0 Å². The van der Waals surface area contributed by atoms with Crippen LogP contribution in [-0.4, -0.2) is 21.8 Å². The minimum absolute atomic E-state index is 0.279. The van der Waals surface area contributed by atoms with Gasteiger partial charge < -0.3 is 10.2 Å². The molecule has 12 heavy (non-hydrogen) atoms. The molecule has 1 aromatic rings. The van der Waals surface area contributed by atoms with Crippen LogP contribution >= 0.6 is 0 Å². The monoisotopic (exact) mass is 167 g/mol. The molecule has 1 heterocycles. The minimum atomic E-state index is -0.851. The number of hydrogen-bond donors (Lipinski definition) is 2. The lowest BCUT2D eigenvalue weighted by molar-refractivity contribution is 0.0922. The van der Waals surface area contributed by atoms with Gasteiger partial charge in [-0.15, -0.1) is 0 Å². The van der Waals surface area contributed by atoms with Gasteiger partial charge in [0, 0.05) is 6.20 Å². The standard InChI is InChI=1S/C9H13NO2/c1-2-7-3-4-8(10-5-7)9(12)6-11/h3-5,9,11-12H,2,6H2,1H3/t9-/m0/s1. The lowest BCUT2D eigenvalue weighted by Gasteiger charge is -2.05. The summed E-state index contributed by atoms with van der Waals surface area (Å²) in [4.78, 5) is 4.01. The van der Waals surface area contributed by atoms with E-state index in [1.165, 1.54) is 0 Å². The summed E-state index contributed by atoms with van der Waals surface area (Å²) >= 11 is 0. The summed E-state index contributed by atoms with van der Waals surface area (Å²) in [6.45, 7) is 1.76. The largest absolute Gasteiger partial charge is 0.393 e. The molecule has 0 saturated heterocycles. The highest BCUT2D eigenvalue weighted by atomic mass is 16.3. The van der Waals surface area contributed by atoms with Crippen molar-refractivity contribution in [2.24, 2.45) is 0 Å². The molecule has 0 aliphatic carbocycles. The van der Waals surface area contributed by atoms with E-state index in [0.717, 1.165) is 12.0 Å². The van der Waals surface area contributed by atoms with E-state index in [1.807, 2.05) is 13.0 Å². The van der Waals surface area contributed by atoms with E-state index >= 15 is 0 Å². The maximum absolute atomic E-state index is 9.18. The predicted molar refractivity (Wildman–Crippen MR) is 45.7 cm³/mol. The molecule has 0 amide bonds. The second-order valence-corrected chi connectivity index (χ2v) is 2.64. The third-order valence-corrected chi connectivity index (χ3v) is 1.77.